The molecule has 3 saturated heterocycles. The zero-order chi connectivity index (χ0) is 63.3. The molecule has 0 amide bonds. The van der Waals surface area contributed by atoms with Crippen LogP contribution in [-0.4, -0.2) is 124 Å². The molecule has 1 aromatic carbocycles. The van der Waals surface area contributed by atoms with Crippen LogP contribution < -0.4 is 10.6 Å². The number of methoxy groups -OCH3 is 1. The van der Waals surface area contributed by atoms with Gasteiger partial charge in [0.2, 0.25) is 0 Å². The van der Waals surface area contributed by atoms with Crippen LogP contribution in [0.3, 0.4) is 0 Å². The van der Waals surface area contributed by atoms with Gasteiger partial charge in [-0.25, -0.2) is 0 Å². The summed E-state index contributed by atoms with van der Waals surface area (Å²) in [7, 11) is 1.29. The molecule has 0 spiro atoms. The van der Waals surface area contributed by atoms with Gasteiger partial charge < -0.3 is 44.2 Å². The van der Waals surface area contributed by atoms with Gasteiger partial charge in [-0.2, -0.15) is 0 Å². The third-order valence-electron chi connectivity index (χ3n) is 15.2. The Kier molecular flexibility index (Phi) is 32.8. The van der Waals surface area contributed by atoms with Gasteiger partial charge in [0, 0.05) is 84.7 Å². The van der Waals surface area contributed by atoms with Crippen molar-refractivity contribution in [3.05, 3.63) is 34.4 Å². The van der Waals surface area contributed by atoms with Gasteiger partial charge in [-0.1, -0.05) is 86.8 Å². The Labute approximate surface area is 505 Å². The fraction of sp³-hybridized carbons (Fsp3) is 0.824. The number of aliphatic hydroxyl groups excluding tert-OH is 1. The molecule has 0 radical (unpaired) electrons. The van der Waals surface area contributed by atoms with E-state index in [2.05, 4.69) is 164 Å². The van der Waals surface area contributed by atoms with Gasteiger partial charge in [0.05, 0.1) is 32.7 Å². The highest BCUT2D eigenvalue weighted by Crippen LogP contribution is 2.39. The van der Waals surface area contributed by atoms with Gasteiger partial charge in [0.15, 0.2) is 0 Å². The summed E-state index contributed by atoms with van der Waals surface area (Å²) in [6.45, 7) is 47.7. The Balaban J connectivity index is 0.00000121. The largest absolute Gasteiger partial charge is 0.469 e. The lowest BCUT2D eigenvalue weighted by Gasteiger charge is -2.54. The number of carbonyl (C=O) groups excluding carboxylic acids is 6. The molecule has 0 unspecified atom stereocenters. The standard InChI is InChI=1S/C28H52N2O4.C20H32O2.C16H29NO5.C3H6O.CH4/c1-25(2)17-21(18-26(3,4)29-25)33-23(31)15-13-11-9-10-12-14-16-24(32)34-22-19-27(5,6)30-28(7,8)20-22;1-9-22-18(21)11-10-15-12-16(19(3,4)5)14(2)17(13-15)20(6,7)8;1-15(2)10-12(18)11-16(3,4)17(15)8-9-22-14(20)7-6-13(19)21-5;1-3(2)4;/h21-22,29-30H,9-20H2,1-8H3;12-13H,9-11H2,1-8H3;12,18H,6-11H2,1-5H3;1-2H3;1H4. The van der Waals surface area contributed by atoms with E-state index in [0.29, 0.717) is 45.3 Å². The van der Waals surface area contributed by atoms with E-state index in [-0.39, 0.29) is 113 Å². The van der Waals surface area contributed by atoms with Crippen LogP contribution in [0.5, 0.6) is 0 Å². The van der Waals surface area contributed by atoms with Crippen molar-refractivity contribution >= 4 is 35.6 Å². The van der Waals surface area contributed by atoms with Gasteiger partial charge in [0.25, 0.3) is 0 Å². The number of nitrogens with one attached hydrogen (secondary N) is 2. The van der Waals surface area contributed by atoms with Crippen molar-refractivity contribution < 1.29 is 57.6 Å². The number of ether oxygens (including phenoxy) is 5. The fourth-order valence-electron chi connectivity index (χ4n) is 12.8. The minimum atomic E-state index is -0.413. The molecule has 0 atom stereocenters. The topological polar surface area (TPSA) is 196 Å². The SMILES string of the molecule is C.CC(C)=O.CC1(C)CC(OC(=O)CCCCCCCCC(=O)OC2CC(C)(C)NC(C)(C)C2)CC(C)(C)N1.CCOC(=O)CCc1cc(C(C)(C)C)c(C)c(C(C)(C)C)c1.COC(=O)CCC(=O)OCCN1C(C)(C)CC(O)CC1(C)C. The second-order valence-corrected chi connectivity index (χ2v) is 29.6. The molecule has 4 rings (SSSR count). The molecule has 0 aliphatic carbocycles. The van der Waals surface area contributed by atoms with E-state index in [9.17, 15) is 33.9 Å². The zero-order valence-corrected chi connectivity index (χ0v) is 56.1. The van der Waals surface area contributed by atoms with Crippen LogP contribution >= 0.6 is 0 Å². The molecule has 3 aliphatic heterocycles. The molecule has 3 N–H and O–H groups in total. The Morgan fingerprint density at radius 3 is 1.25 bits per heavy atom. The van der Waals surface area contributed by atoms with E-state index < -0.39 is 11.9 Å². The molecule has 482 valence electrons. The van der Waals surface area contributed by atoms with Crippen LogP contribution in [0, 0.1) is 6.92 Å². The molecule has 1 aromatic rings. The second kappa shape index (κ2) is 34.4. The number of Topliss-reactive ketones (excluding diaryl/α,β-unsaturated/α-hetero) is 1. The van der Waals surface area contributed by atoms with Crippen molar-refractivity contribution in [1.29, 1.82) is 0 Å². The van der Waals surface area contributed by atoms with Crippen molar-refractivity contribution in [1.82, 2.24) is 15.5 Å². The van der Waals surface area contributed by atoms with Crippen molar-refractivity contribution in [2.45, 2.75) is 338 Å². The third-order valence-corrected chi connectivity index (χ3v) is 15.2. The van der Waals surface area contributed by atoms with E-state index in [4.69, 9.17) is 18.9 Å². The summed E-state index contributed by atoms with van der Waals surface area (Å²) in [5.41, 5.74) is 5.19. The summed E-state index contributed by atoms with van der Waals surface area (Å²) >= 11 is 0. The first-order valence-corrected chi connectivity index (χ1v) is 30.8. The summed E-state index contributed by atoms with van der Waals surface area (Å²) < 4.78 is 26.3. The number of benzene rings is 1. The van der Waals surface area contributed by atoms with E-state index >= 15 is 0 Å². The number of aryl methyl sites for hydroxylation is 1. The summed E-state index contributed by atoms with van der Waals surface area (Å²) in [5, 5.41) is 17.2. The zero-order valence-electron chi connectivity index (χ0n) is 56.1. The normalized spacial score (nSPS) is 19.0. The Hall–Kier alpha value is -3.92. The third kappa shape index (κ3) is 32.4. The molecule has 0 bridgehead atoms. The first-order valence-electron chi connectivity index (χ1n) is 30.8. The van der Waals surface area contributed by atoms with E-state index in [1.54, 1.807) is 0 Å². The number of rotatable bonds is 21. The summed E-state index contributed by atoms with van der Waals surface area (Å²) in [4.78, 5) is 70.5. The highest BCUT2D eigenvalue weighted by molar-refractivity contribution is 5.77. The lowest BCUT2D eigenvalue weighted by molar-refractivity contribution is -0.154. The number of hydrogen-bond donors (Lipinski definition) is 3. The van der Waals surface area contributed by atoms with Gasteiger partial charge in [-0.3, -0.25) is 28.9 Å². The van der Waals surface area contributed by atoms with Gasteiger partial charge in [-0.15, -0.1) is 0 Å². The van der Waals surface area contributed by atoms with Crippen LogP contribution in [0.4, 0.5) is 0 Å². The average molecular weight is 1170 g/mol. The molecular weight excluding hydrogens is 1050 g/mol. The summed E-state index contributed by atoms with van der Waals surface area (Å²) in [6, 6.07) is 4.54. The molecular formula is C68H123N3O12. The lowest BCUT2D eigenvalue weighted by Crippen LogP contribution is -2.62. The number of likely N-dealkylation sites (tertiary alicyclic amines) is 1. The van der Waals surface area contributed by atoms with E-state index in [1.165, 1.54) is 43.2 Å². The van der Waals surface area contributed by atoms with Crippen LogP contribution in [0.25, 0.3) is 0 Å². The monoisotopic (exact) mass is 1170 g/mol. The number of nitrogens with zero attached hydrogens (tertiary/aromatic N) is 1. The summed E-state index contributed by atoms with van der Waals surface area (Å²) in [5.74, 6) is -0.879. The number of piperidine rings is 3. The van der Waals surface area contributed by atoms with Crippen molar-refractivity contribution in [3.63, 3.8) is 0 Å². The maximum atomic E-state index is 12.3. The molecule has 0 aromatic heterocycles. The fourth-order valence-corrected chi connectivity index (χ4v) is 12.8. The number of esters is 5. The summed E-state index contributed by atoms with van der Waals surface area (Å²) in [6.07, 6.45) is 12.8. The van der Waals surface area contributed by atoms with Crippen molar-refractivity contribution in [2.24, 2.45) is 0 Å². The number of aliphatic hydroxyl groups is 1. The minimum Gasteiger partial charge on any atom is -0.469 e. The predicted molar refractivity (Wildman–Crippen MR) is 337 cm³/mol. The van der Waals surface area contributed by atoms with Crippen LogP contribution in [-0.2, 0) is 69.7 Å². The molecule has 3 aliphatic rings. The number of hydrogen-bond acceptors (Lipinski definition) is 15. The van der Waals surface area contributed by atoms with Crippen LogP contribution in [0.15, 0.2) is 12.1 Å². The van der Waals surface area contributed by atoms with E-state index in [0.717, 1.165) is 70.6 Å². The Morgan fingerprint density at radius 1 is 0.554 bits per heavy atom. The lowest BCUT2D eigenvalue weighted by atomic mass is 9.75. The van der Waals surface area contributed by atoms with E-state index in [1.807, 2.05) is 6.92 Å². The molecule has 0 saturated carbocycles. The minimum absolute atomic E-state index is 0. The molecule has 15 nitrogen and oxygen atoms in total. The maximum absolute atomic E-state index is 12.3. The van der Waals surface area contributed by atoms with Crippen molar-refractivity contribution in [2.75, 3.05) is 26.9 Å². The number of carbonyl (C=O) groups is 6. The smallest absolute Gasteiger partial charge is 0.306 e. The molecule has 3 fully saturated rings. The Bertz CT molecular complexity index is 2030. The highest BCUT2D eigenvalue weighted by atomic mass is 16.6. The highest BCUT2D eigenvalue weighted by Gasteiger charge is 2.45. The maximum Gasteiger partial charge on any atom is 0.306 e. The quantitative estimate of drug-likeness (QED) is 0.0597. The first kappa shape index (κ1) is 79.1. The van der Waals surface area contributed by atoms with Gasteiger partial charge >= 0.3 is 29.8 Å². The van der Waals surface area contributed by atoms with Crippen molar-refractivity contribution in [3.8, 4) is 0 Å². The van der Waals surface area contributed by atoms with Gasteiger partial charge in [-0.05, 0) is 176 Å². The molecule has 15 heteroatoms. The van der Waals surface area contributed by atoms with Crippen LogP contribution in [0.2, 0.25) is 0 Å². The number of ketones is 1. The van der Waals surface area contributed by atoms with Gasteiger partial charge in [0.1, 0.15) is 24.6 Å². The molecule has 83 heavy (non-hydrogen) atoms. The average Bonchev–Trinajstić information content (AvgIpc) is 3.50. The Morgan fingerprint density at radius 2 is 0.904 bits per heavy atom. The first-order chi connectivity index (χ1) is 37.3. The second-order valence-electron chi connectivity index (χ2n) is 29.6. The predicted octanol–water partition coefficient (Wildman–Crippen LogP) is 13.6. The number of unbranched alkanes of at least 4 members (excludes halogenated alkanes) is 5. The molecule has 3 heterocycles. The van der Waals surface area contributed by atoms with Crippen LogP contribution in [0.1, 0.15) is 284 Å².